The topological polar surface area (TPSA) is 91.7 Å². The molecule has 0 saturated carbocycles. The zero-order valence-electron chi connectivity index (χ0n) is 9.91. The van der Waals surface area contributed by atoms with E-state index in [0.717, 1.165) is 12.2 Å². The van der Waals surface area contributed by atoms with Gasteiger partial charge in [0, 0.05) is 18.6 Å². The number of aliphatic carboxylic acids is 1. The van der Waals surface area contributed by atoms with Crippen molar-refractivity contribution in [2.24, 2.45) is 11.3 Å². The second-order valence-corrected chi connectivity index (χ2v) is 4.27. The lowest BCUT2D eigenvalue weighted by molar-refractivity contribution is -0.132. The predicted octanol–water partition coefficient (Wildman–Crippen LogP) is 0.730. The molecule has 1 aliphatic carbocycles. The number of carbonyl (C=O) groups excluding carboxylic acids is 2. The molecular weight excluding hydrogens is 236 g/mol. The minimum Gasteiger partial charge on any atom is -0.478 e. The summed E-state index contributed by atoms with van der Waals surface area (Å²) in [6.07, 6.45) is 7.21. The Morgan fingerprint density at radius 1 is 1.39 bits per heavy atom. The molecule has 0 aromatic heterocycles. The molecule has 0 bridgehead atoms. The Bertz CT molecular complexity index is 396. The van der Waals surface area contributed by atoms with Crippen LogP contribution in [0.15, 0.2) is 24.3 Å². The number of carboxylic acid groups (broad SMARTS) is 1. The van der Waals surface area contributed by atoms with Crippen molar-refractivity contribution in [3.05, 3.63) is 24.3 Å². The van der Waals surface area contributed by atoms with Gasteiger partial charge in [-0.3, -0.25) is 4.79 Å². The Hall–Kier alpha value is -1.75. The van der Waals surface area contributed by atoms with Crippen molar-refractivity contribution in [1.29, 1.82) is 0 Å². The van der Waals surface area contributed by atoms with E-state index in [1.807, 2.05) is 0 Å². The SMILES string of the molecule is O=CC1CCC=CC1(CCO)C(=O)C=CC(=O)O. The number of carboxylic acids is 1. The standard InChI is InChI=1S/C13H16O5/c14-8-7-13(11(16)4-5-12(17)18)6-2-1-3-10(13)9-15/h2,4-6,9-10,14H,1,3,7-8H2,(H,17,18). The summed E-state index contributed by atoms with van der Waals surface area (Å²) in [5, 5.41) is 17.6. The van der Waals surface area contributed by atoms with Crippen LogP contribution in [0.5, 0.6) is 0 Å². The molecule has 2 N–H and O–H groups in total. The molecule has 0 aromatic carbocycles. The van der Waals surface area contributed by atoms with Crippen LogP contribution in [0.25, 0.3) is 0 Å². The summed E-state index contributed by atoms with van der Waals surface area (Å²) in [6, 6.07) is 0. The molecule has 0 radical (unpaired) electrons. The van der Waals surface area contributed by atoms with E-state index < -0.39 is 23.1 Å². The van der Waals surface area contributed by atoms with Gasteiger partial charge >= 0.3 is 5.97 Å². The summed E-state index contributed by atoms with van der Waals surface area (Å²) in [7, 11) is 0. The lowest BCUT2D eigenvalue weighted by Gasteiger charge is -2.35. The first-order chi connectivity index (χ1) is 8.56. The molecule has 1 rings (SSSR count). The Balaban J connectivity index is 3.08. The van der Waals surface area contributed by atoms with Crippen LogP contribution in [-0.2, 0) is 14.4 Å². The molecule has 98 valence electrons. The van der Waals surface area contributed by atoms with Gasteiger partial charge in [-0.05, 0) is 25.3 Å². The van der Waals surface area contributed by atoms with Gasteiger partial charge in [0.1, 0.15) is 6.29 Å². The lowest BCUT2D eigenvalue weighted by atomic mass is 9.66. The average molecular weight is 252 g/mol. The van der Waals surface area contributed by atoms with E-state index in [0.29, 0.717) is 19.1 Å². The molecule has 0 aliphatic heterocycles. The smallest absolute Gasteiger partial charge is 0.328 e. The third-order valence-corrected chi connectivity index (χ3v) is 3.25. The largest absolute Gasteiger partial charge is 0.478 e. The summed E-state index contributed by atoms with van der Waals surface area (Å²) < 4.78 is 0. The van der Waals surface area contributed by atoms with E-state index >= 15 is 0 Å². The molecule has 5 heteroatoms. The Morgan fingerprint density at radius 3 is 2.67 bits per heavy atom. The van der Waals surface area contributed by atoms with Crippen LogP contribution in [0.1, 0.15) is 19.3 Å². The molecule has 0 saturated heterocycles. The van der Waals surface area contributed by atoms with Crippen molar-refractivity contribution >= 4 is 18.0 Å². The molecule has 0 amide bonds. The van der Waals surface area contributed by atoms with Crippen LogP contribution < -0.4 is 0 Å². The first kappa shape index (κ1) is 14.3. The van der Waals surface area contributed by atoms with Crippen LogP contribution in [0.4, 0.5) is 0 Å². The third-order valence-electron chi connectivity index (χ3n) is 3.25. The van der Waals surface area contributed by atoms with E-state index in [-0.39, 0.29) is 13.0 Å². The number of allylic oxidation sites excluding steroid dienone is 3. The van der Waals surface area contributed by atoms with Crippen molar-refractivity contribution in [1.82, 2.24) is 0 Å². The summed E-state index contributed by atoms with van der Waals surface area (Å²) in [4.78, 5) is 33.6. The van der Waals surface area contributed by atoms with E-state index in [1.54, 1.807) is 12.2 Å². The summed E-state index contributed by atoms with van der Waals surface area (Å²) in [5.74, 6) is -2.18. The van der Waals surface area contributed by atoms with E-state index in [4.69, 9.17) is 10.2 Å². The minimum atomic E-state index is -1.22. The van der Waals surface area contributed by atoms with Gasteiger partial charge in [0.05, 0.1) is 5.41 Å². The molecule has 1 aliphatic rings. The van der Waals surface area contributed by atoms with Gasteiger partial charge in [0.2, 0.25) is 0 Å². The molecular formula is C13H16O5. The van der Waals surface area contributed by atoms with Crippen LogP contribution in [0.3, 0.4) is 0 Å². The fourth-order valence-corrected chi connectivity index (χ4v) is 2.28. The molecule has 18 heavy (non-hydrogen) atoms. The summed E-state index contributed by atoms with van der Waals surface area (Å²) in [5.41, 5.74) is -1.10. The van der Waals surface area contributed by atoms with Crippen molar-refractivity contribution < 1.29 is 24.6 Å². The fraction of sp³-hybridized carbons (Fsp3) is 0.462. The van der Waals surface area contributed by atoms with Gasteiger partial charge in [-0.25, -0.2) is 4.79 Å². The monoisotopic (exact) mass is 252 g/mol. The van der Waals surface area contributed by atoms with E-state index in [1.165, 1.54) is 0 Å². The first-order valence-electron chi connectivity index (χ1n) is 5.76. The fourth-order valence-electron chi connectivity index (χ4n) is 2.28. The van der Waals surface area contributed by atoms with Crippen LogP contribution >= 0.6 is 0 Å². The molecule has 0 heterocycles. The molecule has 2 unspecified atom stereocenters. The highest BCUT2D eigenvalue weighted by atomic mass is 16.4. The molecule has 0 aromatic rings. The zero-order chi connectivity index (χ0) is 13.6. The number of ketones is 1. The van der Waals surface area contributed by atoms with Gasteiger partial charge in [-0.15, -0.1) is 0 Å². The molecule has 0 fully saturated rings. The average Bonchev–Trinajstić information content (AvgIpc) is 2.36. The predicted molar refractivity (Wildman–Crippen MR) is 63.8 cm³/mol. The van der Waals surface area contributed by atoms with Crippen molar-refractivity contribution in [2.45, 2.75) is 19.3 Å². The summed E-state index contributed by atoms with van der Waals surface area (Å²) >= 11 is 0. The van der Waals surface area contributed by atoms with Gasteiger partial charge in [-0.1, -0.05) is 12.2 Å². The molecule has 5 nitrogen and oxygen atoms in total. The number of rotatable bonds is 6. The molecule has 0 spiro atoms. The highest BCUT2D eigenvalue weighted by Gasteiger charge is 2.42. The van der Waals surface area contributed by atoms with Crippen molar-refractivity contribution in [3.8, 4) is 0 Å². The van der Waals surface area contributed by atoms with Crippen LogP contribution in [0, 0.1) is 11.3 Å². The Labute approximate surface area is 105 Å². The maximum absolute atomic E-state index is 12.1. The zero-order valence-corrected chi connectivity index (χ0v) is 9.91. The number of carbonyl (C=O) groups is 3. The maximum Gasteiger partial charge on any atom is 0.328 e. The number of aliphatic hydroxyl groups excluding tert-OH is 1. The van der Waals surface area contributed by atoms with E-state index in [9.17, 15) is 14.4 Å². The van der Waals surface area contributed by atoms with Gasteiger partial charge in [0.25, 0.3) is 0 Å². The maximum atomic E-state index is 12.1. The number of aliphatic hydroxyl groups is 1. The Morgan fingerprint density at radius 2 is 2.11 bits per heavy atom. The second-order valence-electron chi connectivity index (χ2n) is 4.27. The normalized spacial score (nSPS) is 27.3. The second kappa shape index (κ2) is 6.26. The van der Waals surface area contributed by atoms with Crippen LogP contribution in [0.2, 0.25) is 0 Å². The van der Waals surface area contributed by atoms with Crippen molar-refractivity contribution in [2.75, 3.05) is 6.61 Å². The molecule has 2 atom stereocenters. The number of hydrogen-bond acceptors (Lipinski definition) is 4. The minimum absolute atomic E-state index is 0.121. The first-order valence-corrected chi connectivity index (χ1v) is 5.76. The summed E-state index contributed by atoms with van der Waals surface area (Å²) in [6.45, 7) is -0.235. The van der Waals surface area contributed by atoms with Crippen LogP contribution in [-0.4, -0.2) is 34.9 Å². The van der Waals surface area contributed by atoms with E-state index in [2.05, 4.69) is 0 Å². The quantitative estimate of drug-likeness (QED) is 0.413. The number of aldehydes is 1. The highest BCUT2D eigenvalue weighted by molar-refractivity contribution is 6.01. The third kappa shape index (κ3) is 2.92. The number of hydrogen-bond donors (Lipinski definition) is 2. The lowest BCUT2D eigenvalue weighted by Crippen LogP contribution is -2.39. The Kier molecular flexibility index (Phi) is 4.97. The van der Waals surface area contributed by atoms with Crippen molar-refractivity contribution in [3.63, 3.8) is 0 Å². The highest BCUT2D eigenvalue weighted by Crippen LogP contribution is 2.40. The van der Waals surface area contributed by atoms with Gasteiger partial charge in [0.15, 0.2) is 5.78 Å². The van der Waals surface area contributed by atoms with Gasteiger partial charge in [-0.2, -0.15) is 0 Å². The van der Waals surface area contributed by atoms with Gasteiger partial charge < -0.3 is 15.0 Å².